The van der Waals surface area contributed by atoms with Crippen LogP contribution in [0.1, 0.15) is 27.2 Å². The van der Waals surface area contributed by atoms with Crippen molar-refractivity contribution in [2.24, 2.45) is 5.92 Å². The molecular weight excluding hydrogens is 240 g/mol. The minimum atomic E-state index is -0.488. The molecule has 1 rings (SSSR count). The summed E-state index contributed by atoms with van der Waals surface area (Å²) in [6, 6.07) is -0.932. The summed E-state index contributed by atoms with van der Waals surface area (Å²) in [6.45, 7) is 9.44. The van der Waals surface area contributed by atoms with Gasteiger partial charge in [0.05, 0.1) is 6.54 Å². The first-order valence-corrected chi connectivity index (χ1v) is 6.20. The van der Waals surface area contributed by atoms with E-state index in [-0.39, 0.29) is 24.3 Å². The Hall–Kier alpha value is -1.03. The van der Waals surface area contributed by atoms with Crippen LogP contribution in [0.4, 0.5) is 0 Å². The van der Waals surface area contributed by atoms with Crippen molar-refractivity contribution in [3.63, 3.8) is 0 Å². The lowest BCUT2D eigenvalue weighted by atomic mass is 9.94. The molecule has 0 aromatic rings. The molecule has 0 aliphatic carbocycles. The molecule has 0 aromatic heterocycles. The molecule has 1 aliphatic rings. The van der Waals surface area contributed by atoms with Crippen molar-refractivity contribution in [3.8, 4) is 0 Å². The molecule has 1 N–H and O–H groups in total. The van der Waals surface area contributed by atoms with Crippen LogP contribution >= 0.6 is 11.6 Å². The van der Waals surface area contributed by atoms with Gasteiger partial charge in [-0.05, 0) is 12.8 Å². The number of halogens is 1. The molecule has 5 heteroatoms. The second-order valence-electron chi connectivity index (χ2n) is 4.53. The van der Waals surface area contributed by atoms with E-state index in [0.717, 1.165) is 6.42 Å². The van der Waals surface area contributed by atoms with E-state index in [1.807, 2.05) is 13.8 Å². The molecule has 17 heavy (non-hydrogen) atoms. The Morgan fingerprint density at radius 2 is 2.18 bits per heavy atom. The fourth-order valence-corrected chi connectivity index (χ4v) is 2.00. The number of hydrogen-bond donors (Lipinski definition) is 1. The predicted molar refractivity (Wildman–Crippen MR) is 67.6 cm³/mol. The number of hydrogen-bond acceptors (Lipinski definition) is 2. The van der Waals surface area contributed by atoms with Gasteiger partial charge in [-0.15, -0.1) is 0 Å². The van der Waals surface area contributed by atoms with Crippen LogP contribution in [0.25, 0.3) is 0 Å². The Morgan fingerprint density at radius 3 is 2.65 bits per heavy atom. The molecule has 4 nitrogen and oxygen atoms in total. The first kappa shape index (κ1) is 14.0. The van der Waals surface area contributed by atoms with Gasteiger partial charge >= 0.3 is 0 Å². The Bertz CT molecular complexity index is 343. The SMILES string of the molecule is C=C(Cl)CN1C(=O)C(C(C)CC)NC(=O)C1C. The first-order chi connectivity index (χ1) is 7.88. The van der Waals surface area contributed by atoms with E-state index >= 15 is 0 Å². The second-order valence-corrected chi connectivity index (χ2v) is 5.07. The minimum absolute atomic E-state index is 0.0757. The van der Waals surface area contributed by atoms with Crippen LogP contribution in [0.3, 0.4) is 0 Å². The minimum Gasteiger partial charge on any atom is -0.342 e. The number of amides is 2. The Balaban J connectivity index is 2.90. The van der Waals surface area contributed by atoms with Crippen molar-refractivity contribution in [3.05, 3.63) is 11.6 Å². The number of carbonyl (C=O) groups excluding carboxylic acids is 2. The third-order valence-corrected chi connectivity index (χ3v) is 3.37. The molecule has 0 radical (unpaired) electrons. The van der Waals surface area contributed by atoms with Gasteiger partial charge in [0.15, 0.2) is 0 Å². The zero-order valence-electron chi connectivity index (χ0n) is 10.5. The highest BCUT2D eigenvalue weighted by Crippen LogP contribution is 2.19. The summed E-state index contributed by atoms with van der Waals surface area (Å²) in [5.41, 5.74) is 0. The average Bonchev–Trinajstić information content (AvgIpc) is 2.28. The smallest absolute Gasteiger partial charge is 0.246 e. The molecule has 1 fully saturated rings. The van der Waals surface area contributed by atoms with Crippen LogP contribution in [0.15, 0.2) is 11.6 Å². The van der Waals surface area contributed by atoms with Gasteiger partial charge in [-0.3, -0.25) is 9.59 Å². The van der Waals surface area contributed by atoms with Crippen LogP contribution in [0, 0.1) is 5.92 Å². The van der Waals surface area contributed by atoms with Crippen LogP contribution in [0.2, 0.25) is 0 Å². The lowest BCUT2D eigenvalue weighted by Crippen LogP contribution is -2.64. The molecule has 0 aromatic carbocycles. The predicted octanol–water partition coefficient (Wildman–Crippen LogP) is 1.50. The normalized spacial score (nSPS) is 26.7. The van der Waals surface area contributed by atoms with Crippen molar-refractivity contribution in [1.29, 1.82) is 0 Å². The molecule has 0 saturated carbocycles. The average molecular weight is 259 g/mol. The highest BCUT2D eigenvalue weighted by atomic mass is 35.5. The number of carbonyl (C=O) groups is 2. The summed E-state index contributed by atoms with van der Waals surface area (Å²) in [5, 5.41) is 3.13. The van der Waals surface area contributed by atoms with Crippen molar-refractivity contribution >= 4 is 23.4 Å². The highest BCUT2D eigenvalue weighted by Gasteiger charge is 2.39. The molecule has 0 bridgehead atoms. The maximum absolute atomic E-state index is 12.2. The zero-order valence-corrected chi connectivity index (χ0v) is 11.3. The van der Waals surface area contributed by atoms with E-state index in [4.69, 9.17) is 11.6 Å². The van der Waals surface area contributed by atoms with E-state index in [1.54, 1.807) is 6.92 Å². The quantitative estimate of drug-likeness (QED) is 0.831. The maximum Gasteiger partial charge on any atom is 0.246 e. The summed E-state index contributed by atoms with van der Waals surface area (Å²) < 4.78 is 0. The molecule has 1 aliphatic heterocycles. The fourth-order valence-electron chi connectivity index (χ4n) is 1.87. The van der Waals surface area contributed by atoms with E-state index < -0.39 is 12.1 Å². The number of nitrogens with one attached hydrogen (secondary N) is 1. The lowest BCUT2D eigenvalue weighted by Gasteiger charge is -2.39. The largest absolute Gasteiger partial charge is 0.342 e. The van der Waals surface area contributed by atoms with Crippen LogP contribution in [-0.2, 0) is 9.59 Å². The van der Waals surface area contributed by atoms with Crippen molar-refractivity contribution in [2.45, 2.75) is 39.3 Å². The van der Waals surface area contributed by atoms with Gasteiger partial charge in [-0.25, -0.2) is 0 Å². The summed E-state index contributed by atoms with van der Waals surface area (Å²) in [7, 11) is 0. The standard InChI is InChI=1S/C12H19ClN2O2/c1-5-7(2)10-12(17)15(6-8(3)13)9(4)11(16)14-10/h7,9-10H,3,5-6H2,1-2,4H3,(H,14,16). The highest BCUT2D eigenvalue weighted by molar-refractivity contribution is 6.29. The molecule has 2 amide bonds. The number of piperazine rings is 1. The molecule has 3 unspecified atom stereocenters. The van der Waals surface area contributed by atoms with Gasteiger partial charge in [0, 0.05) is 5.03 Å². The van der Waals surface area contributed by atoms with Crippen LogP contribution < -0.4 is 5.32 Å². The van der Waals surface area contributed by atoms with Gasteiger partial charge in [0.25, 0.3) is 0 Å². The van der Waals surface area contributed by atoms with Crippen molar-refractivity contribution < 1.29 is 9.59 Å². The van der Waals surface area contributed by atoms with Gasteiger partial charge in [-0.1, -0.05) is 38.4 Å². The van der Waals surface area contributed by atoms with E-state index in [2.05, 4.69) is 11.9 Å². The second kappa shape index (κ2) is 5.54. The Labute approximate surface area is 107 Å². The maximum atomic E-state index is 12.2. The molecule has 96 valence electrons. The summed E-state index contributed by atoms with van der Waals surface area (Å²) in [4.78, 5) is 25.5. The Kier molecular flexibility index (Phi) is 4.57. The molecule has 1 heterocycles. The van der Waals surface area contributed by atoms with Crippen LogP contribution in [-0.4, -0.2) is 35.3 Å². The number of nitrogens with zero attached hydrogens (tertiary/aromatic N) is 1. The number of rotatable bonds is 4. The molecular formula is C12H19ClN2O2. The molecule has 3 atom stereocenters. The van der Waals surface area contributed by atoms with Gasteiger partial charge in [0.1, 0.15) is 12.1 Å². The summed E-state index contributed by atoms with van der Waals surface area (Å²) >= 11 is 5.73. The van der Waals surface area contributed by atoms with E-state index in [9.17, 15) is 9.59 Å². The van der Waals surface area contributed by atoms with E-state index in [0.29, 0.717) is 5.03 Å². The zero-order chi connectivity index (χ0) is 13.2. The fraction of sp³-hybridized carbons (Fsp3) is 0.667. The lowest BCUT2D eigenvalue weighted by molar-refractivity contribution is -0.149. The third kappa shape index (κ3) is 3.00. The van der Waals surface area contributed by atoms with Crippen molar-refractivity contribution in [1.82, 2.24) is 10.2 Å². The monoisotopic (exact) mass is 258 g/mol. The third-order valence-electron chi connectivity index (χ3n) is 3.25. The summed E-state index contributed by atoms with van der Waals surface area (Å²) in [6.07, 6.45) is 0.834. The molecule has 0 spiro atoms. The van der Waals surface area contributed by atoms with Gasteiger partial charge < -0.3 is 10.2 Å². The van der Waals surface area contributed by atoms with Crippen LogP contribution in [0.5, 0.6) is 0 Å². The summed E-state index contributed by atoms with van der Waals surface area (Å²) in [5.74, 6) is -0.0916. The van der Waals surface area contributed by atoms with Gasteiger partial charge in [0.2, 0.25) is 11.8 Å². The molecule has 1 saturated heterocycles. The van der Waals surface area contributed by atoms with Gasteiger partial charge in [-0.2, -0.15) is 0 Å². The topological polar surface area (TPSA) is 49.4 Å². The first-order valence-electron chi connectivity index (χ1n) is 5.82. The van der Waals surface area contributed by atoms with Crippen molar-refractivity contribution in [2.75, 3.05) is 6.54 Å². The van der Waals surface area contributed by atoms with E-state index in [1.165, 1.54) is 4.90 Å². The Morgan fingerprint density at radius 1 is 1.59 bits per heavy atom.